The van der Waals surface area contributed by atoms with Gasteiger partial charge in [-0.25, -0.2) is 4.98 Å². The lowest BCUT2D eigenvalue weighted by Crippen LogP contribution is -2.28. The van der Waals surface area contributed by atoms with Crippen LogP contribution in [0.4, 0.5) is 5.69 Å². The van der Waals surface area contributed by atoms with Gasteiger partial charge in [-0.3, -0.25) is 9.48 Å². The number of carbonyl (C=O) groups is 1. The Kier molecular flexibility index (Phi) is 4.53. The van der Waals surface area contributed by atoms with Gasteiger partial charge in [-0.2, -0.15) is 5.10 Å². The zero-order valence-corrected chi connectivity index (χ0v) is 15.7. The summed E-state index contributed by atoms with van der Waals surface area (Å²) < 4.78 is 7.46. The minimum atomic E-state index is -0.135. The summed E-state index contributed by atoms with van der Waals surface area (Å²) in [7, 11) is 1.89. The summed E-state index contributed by atoms with van der Waals surface area (Å²) in [4.78, 5) is 17.3. The lowest BCUT2D eigenvalue weighted by atomic mass is 9.90. The molecule has 1 fully saturated rings. The fraction of sp³-hybridized carbons (Fsp3) is 0.350. The largest absolute Gasteiger partial charge is 0.441 e. The molecule has 1 saturated heterocycles. The molecule has 1 aromatic carbocycles. The van der Waals surface area contributed by atoms with E-state index < -0.39 is 0 Å². The number of anilines is 1. The van der Waals surface area contributed by atoms with E-state index in [0.717, 1.165) is 34.8 Å². The molecular formula is C20H23N5O2. The minimum absolute atomic E-state index is 0.00534. The molecule has 1 aliphatic heterocycles. The van der Waals surface area contributed by atoms with Crippen molar-refractivity contribution in [1.29, 1.82) is 0 Å². The molecule has 1 aliphatic rings. The van der Waals surface area contributed by atoms with E-state index in [9.17, 15) is 4.79 Å². The maximum Gasteiger partial charge on any atom is 0.229 e. The van der Waals surface area contributed by atoms with Gasteiger partial charge in [0.1, 0.15) is 5.76 Å². The van der Waals surface area contributed by atoms with Crippen molar-refractivity contribution < 1.29 is 9.21 Å². The Morgan fingerprint density at radius 3 is 2.89 bits per heavy atom. The molecule has 140 valence electrons. The predicted molar refractivity (Wildman–Crippen MR) is 102 cm³/mol. The summed E-state index contributed by atoms with van der Waals surface area (Å²) >= 11 is 0. The molecular weight excluding hydrogens is 342 g/mol. The zero-order chi connectivity index (χ0) is 19.0. The molecule has 7 nitrogen and oxygen atoms in total. The molecule has 0 unspecified atom stereocenters. The molecule has 7 heteroatoms. The highest BCUT2D eigenvalue weighted by atomic mass is 16.4. The molecule has 2 N–H and O–H groups in total. The molecule has 0 aliphatic carbocycles. The zero-order valence-electron chi connectivity index (χ0n) is 15.7. The molecule has 0 radical (unpaired) electrons. The second-order valence-electron chi connectivity index (χ2n) is 7.05. The third kappa shape index (κ3) is 3.50. The maximum atomic E-state index is 12.9. The van der Waals surface area contributed by atoms with E-state index in [-0.39, 0.29) is 17.7 Å². The Morgan fingerprint density at radius 1 is 1.33 bits per heavy atom. The smallest absolute Gasteiger partial charge is 0.229 e. The Hall–Kier alpha value is -2.93. The van der Waals surface area contributed by atoms with E-state index >= 15 is 0 Å². The first-order valence-electron chi connectivity index (χ1n) is 9.06. The normalized spacial score (nSPS) is 19.4. The standard InChI is InChI=1S/C20H23N5O2/c1-12-13(2)27-20(23-12)14-5-4-6-16(7-14)24-19(26)18-10-21-9-17(18)15-8-22-25(3)11-15/h4-8,11,17-18,21H,9-10H2,1-3H3,(H,24,26)/t17-,18+/m1/s1. The first-order valence-corrected chi connectivity index (χ1v) is 9.06. The summed E-state index contributed by atoms with van der Waals surface area (Å²) in [5.74, 6) is 1.36. The Labute approximate surface area is 157 Å². The quantitative estimate of drug-likeness (QED) is 0.742. The van der Waals surface area contributed by atoms with E-state index in [1.54, 1.807) is 4.68 Å². The summed E-state index contributed by atoms with van der Waals surface area (Å²) in [5.41, 5.74) is 3.54. The Morgan fingerprint density at radius 2 is 2.19 bits per heavy atom. The van der Waals surface area contributed by atoms with Crippen LogP contribution in [-0.4, -0.2) is 33.8 Å². The number of hydrogen-bond acceptors (Lipinski definition) is 5. The monoisotopic (exact) mass is 365 g/mol. The van der Waals surface area contributed by atoms with E-state index in [1.165, 1.54) is 0 Å². The van der Waals surface area contributed by atoms with Crippen LogP contribution in [0.15, 0.2) is 41.1 Å². The SMILES string of the molecule is Cc1nc(-c2cccc(NC(=O)[C@H]3CNC[C@@H]3c3cnn(C)c3)c2)oc1C. The summed E-state index contributed by atoms with van der Waals surface area (Å²) in [6, 6.07) is 7.59. The molecule has 0 saturated carbocycles. The average molecular weight is 365 g/mol. The molecule has 0 spiro atoms. The van der Waals surface area contributed by atoms with Crippen molar-refractivity contribution in [3.05, 3.63) is 53.7 Å². The second-order valence-corrected chi connectivity index (χ2v) is 7.05. The van der Waals surface area contributed by atoms with Crippen LogP contribution in [0.3, 0.4) is 0 Å². The Balaban J connectivity index is 1.52. The van der Waals surface area contributed by atoms with Crippen LogP contribution in [0.5, 0.6) is 0 Å². The number of amides is 1. The third-order valence-electron chi connectivity index (χ3n) is 5.11. The number of benzene rings is 1. The Bertz CT molecular complexity index is 955. The summed E-state index contributed by atoms with van der Waals surface area (Å²) in [5, 5.41) is 10.6. The highest BCUT2D eigenvalue weighted by molar-refractivity contribution is 5.94. The van der Waals surface area contributed by atoms with Crippen LogP contribution in [0.1, 0.15) is 22.9 Å². The van der Waals surface area contributed by atoms with Crippen LogP contribution >= 0.6 is 0 Å². The van der Waals surface area contributed by atoms with Crippen LogP contribution in [0, 0.1) is 19.8 Å². The minimum Gasteiger partial charge on any atom is -0.441 e. The van der Waals surface area contributed by atoms with Crippen LogP contribution < -0.4 is 10.6 Å². The summed E-state index contributed by atoms with van der Waals surface area (Å²) in [6.07, 6.45) is 3.82. The molecule has 0 bridgehead atoms. The average Bonchev–Trinajstić information content (AvgIpc) is 3.36. The number of rotatable bonds is 4. The number of aryl methyl sites for hydroxylation is 3. The lowest BCUT2D eigenvalue weighted by Gasteiger charge is -2.17. The number of nitrogens with one attached hydrogen (secondary N) is 2. The van der Waals surface area contributed by atoms with E-state index in [0.29, 0.717) is 12.4 Å². The number of hydrogen-bond donors (Lipinski definition) is 2. The summed E-state index contributed by atoms with van der Waals surface area (Å²) in [6.45, 7) is 5.24. The lowest BCUT2D eigenvalue weighted by molar-refractivity contribution is -0.119. The van der Waals surface area contributed by atoms with E-state index in [1.807, 2.05) is 57.6 Å². The van der Waals surface area contributed by atoms with E-state index in [4.69, 9.17) is 4.42 Å². The van der Waals surface area contributed by atoms with Crippen LogP contribution in [0.25, 0.3) is 11.5 Å². The predicted octanol–water partition coefficient (Wildman–Crippen LogP) is 2.63. The third-order valence-corrected chi connectivity index (χ3v) is 5.11. The van der Waals surface area contributed by atoms with Gasteiger partial charge < -0.3 is 15.1 Å². The first-order chi connectivity index (χ1) is 13.0. The molecule has 4 rings (SSSR count). The number of carbonyl (C=O) groups excluding carboxylic acids is 1. The first kappa shape index (κ1) is 17.5. The molecule has 2 atom stereocenters. The number of oxazole rings is 1. The molecule has 1 amide bonds. The van der Waals surface area contributed by atoms with E-state index in [2.05, 4.69) is 20.7 Å². The number of nitrogens with zero attached hydrogens (tertiary/aromatic N) is 3. The van der Waals surface area contributed by atoms with Crippen LogP contribution in [-0.2, 0) is 11.8 Å². The van der Waals surface area contributed by atoms with Gasteiger partial charge in [0, 0.05) is 43.5 Å². The van der Waals surface area contributed by atoms with Gasteiger partial charge in [0.2, 0.25) is 11.8 Å². The molecule has 3 heterocycles. The van der Waals surface area contributed by atoms with Gasteiger partial charge in [-0.1, -0.05) is 6.07 Å². The topological polar surface area (TPSA) is 85.0 Å². The molecule has 27 heavy (non-hydrogen) atoms. The highest BCUT2D eigenvalue weighted by Crippen LogP contribution is 2.30. The van der Waals surface area contributed by atoms with Crippen molar-refractivity contribution in [2.75, 3.05) is 18.4 Å². The van der Waals surface area contributed by atoms with Gasteiger partial charge in [0.15, 0.2) is 0 Å². The fourth-order valence-electron chi connectivity index (χ4n) is 3.50. The van der Waals surface area contributed by atoms with Crippen molar-refractivity contribution >= 4 is 11.6 Å². The van der Waals surface area contributed by atoms with Crippen molar-refractivity contribution in [1.82, 2.24) is 20.1 Å². The number of aromatic nitrogens is 3. The van der Waals surface area contributed by atoms with Gasteiger partial charge in [0.05, 0.1) is 17.8 Å². The van der Waals surface area contributed by atoms with Crippen molar-refractivity contribution in [3.63, 3.8) is 0 Å². The maximum absolute atomic E-state index is 12.9. The van der Waals surface area contributed by atoms with Gasteiger partial charge in [-0.15, -0.1) is 0 Å². The van der Waals surface area contributed by atoms with Crippen LogP contribution in [0.2, 0.25) is 0 Å². The van der Waals surface area contributed by atoms with Gasteiger partial charge >= 0.3 is 0 Å². The van der Waals surface area contributed by atoms with Gasteiger partial charge in [-0.05, 0) is 37.6 Å². The fourth-order valence-corrected chi connectivity index (χ4v) is 3.50. The van der Waals surface area contributed by atoms with Gasteiger partial charge in [0.25, 0.3) is 0 Å². The highest BCUT2D eigenvalue weighted by Gasteiger charge is 2.34. The van der Waals surface area contributed by atoms with Crippen molar-refractivity contribution in [3.8, 4) is 11.5 Å². The second kappa shape index (κ2) is 7.00. The van der Waals surface area contributed by atoms with Crippen molar-refractivity contribution in [2.45, 2.75) is 19.8 Å². The van der Waals surface area contributed by atoms with Crippen molar-refractivity contribution in [2.24, 2.45) is 13.0 Å². The molecule has 3 aromatic rings. The molecule has 2 aromatic heterocycles.